The fourth-order valence-corrected chi connectivity index (χ4v) is 8.11. The third-order valence-electron chi connectivity index (χ3n) is 9.71. The Balaban J connectivity index is 1.61. The van der Waals surface area contributed by atoms with E-state index in [1.807, 2.05) is 12.2 Å². The normalized spacial score (nSPS) is 53.6. The molecule has 4 fully saturated rings. The van der Waals surface area contributed by atoms with Gasteiger partial charge in [0.15, 0.2) is 5.78 Å². The molecule has 0 bridgehead atoms. The van der Waals surface area contributed by atoms with Gasteiger partial charge >= 0.3 is 0 Å². The number of Topliss-reactive ketones (excluding diaryl/α,β-unsaturated/α-hetero) is 1. The summed E-state index contributed by atoms with van der Waals surface area (Å²) in [6.45, 7) is 2.21. The third-order valence-corrected chi connectivity index (χ3v) is 9.71. The molecule has 4 saturated carbocycles. The van der Waals surface area contributed by atoms with Crippen molar-refractivity contribution in [1.82, 2.24) is 0 Å². The van der Waals surface area contributed by atoms with Crippen molar-refractivity contribution < 1.29 is 34.8 Å². The van der Waals surface area contributed by atoms with Gasteiger partial charge in [0.25, 0.3) is 0 Å². The highest BCUT2D eigenvalue weighted by atomic mass is 16.5. The number of rotatable bonds is 2. The number of ketones is 1. The van der Waals surface area contributed by atoms with Crippen LogP contribution in [0.15, 0.2) is 24.0 Å². The molecule has 7 heteroatoms. The first-order valence-corrected chi connectivity index (χ1v) is 11.4. The number of carbonyl (C=O) groups excluding carboxylic acids is 2. The van der Waals surface area contributed by atoms with E-state index in [0.29, 0.717) is 38.6 Å². The minimum Gasteiger partial charge on any atom is -0.497 e. The molecule has 0 saturated heterocycles. The fourth-order valence-electron chi connectivity index (χ4n) is 8.11. The number of hydrogen-bond donors (Lipinski definition) is 4. The molecule has 4 N–H and O–H groups in total. The number of carbonyl (C=O) groups is 2. The molecule has 9 unspecified atom stereocenters. The smallest absolute Gasteiger partial charge is 0.170 e. The number of allylic oxidation sites excluding steroid dienone is 2. The third kappa shape index (κ3) is 2.44. The molecule has 0 spiro atoms. The molecular formula is C24H32O7. The second-order valence-corrected chi connectivity index (χ2v) is 10.6. The van der Waals surface area contributed by atoms with E-state index >= 15 is 0 Å². The molecule has 5 rings (SSSR count). The van der Waals surface area contributed by atoms with Gasteiger partial charge in [-0.05, 0) is 63.0 Å². The molecule has 31 heavy (non-hydrogen) atoms. The molecule has 1 heterocycles. The van der Waals surface area contributed by atoms with Crippen LogP contribution in [-0.4, -0.2) is 62.5 Å². The van der Waals surface area contributed by atoms with Gasteiger partial charge in [-0.15, -0.1) is 0 Å². The highest BCUT2D eigenvalue weighted by molar-refractivity contribution is 5.93. The van der Waals surface area contributed by atoms with Crippen LogP contribution in [0.25, 0.3) is 0 Å². The predicted molar refractivity (Wildman–Crippen MR) is 109 cm³/mol. The van der Waals surface area contributed by atoms with Gasteiger partial charge in [-0.1, -0.05) is 6.08 Å². The fraction of sp³-hybridized carbons (Fsp3) is 0.750. The molecule has 0 aromatic heterocycles. The molecule has 4 aliphatic carbocycles. The van der Waals surface area contributed by atoms with Gasteiger partial charge < -0.3 is 30.0 Å². The van der Waals surface area contributed by atoms with E-state index in [9.17, 15) is 30.0 Å². The van der Waals surface area contributed by atoms with Gasteiger partial charge in [0, 0.05) is 18.3 Å². The molecule has 1 aliphatic heterocycles. The summed E-state index contributed by atoms with van der Waals surface area (Å²) in [5.74, 6) is -2.12. The van der Waals surface area contributed by atoms with Crippen molar-refractivity contribution in [3.05, 3.63) is 24.0 Å². The van der Waals surface area contributed by atoms with Crippen LogP contribution >= 0.6 is 0 Å². The average Bonchev–Trinajstić information content (AvgIpc) is 3.04. The number of aliphatic hydroxyl groups is 4. The van der Waals surface area contributed by atoms with Crippen LogP contribution in [0.5, 0.6) is 0 Å². The van der Waals surface area contributed by atoms with Crippen LogP contribution < -0.4 is 0 Å². The van der Waals surface area contributed by atoms with Gasteiger partial charge in [0.2, 0.25) is 0 Å². The zero-order chi connectivity index (χ0) is 22.2. The van der Waals surface area contributed by atoms with Gasteiger partial charge in [-0.25, -0.2) is 0 Å². The van der Waals surface area contributed by atoms with E-state index in [0.717, 1.165) is 5.57 Å². The van der Waals surface area contributed by atoms with Crippen molar-refractivity contribution in [2.24, 2.45) is 28.6 Å². The van der Waals surface area contributed by atoms with Gasteiger partial charge in [-0.3, -0.25) is 4.79 Å². The van der Waals surface area contributed by atoms with E-state index in [2.05, 4.69) is 0 Å². The Kier molecular flexibility index (Phi) is 4.63. The lowest BCUT2D eigenvalue weighted by molar-refractivity contribution is -0.259. The number of hydrogen-bond acceptors (Lipinski definition) is 7. The SMILES string of the molecule is CC12C(=O)C(O)C3C(CCC4(O)CC(O)CCC34C=O)C1(O)CCC2C1=COCC=C1. The summed E-state index contributed by atoms with van der Waals surface area (Å²) in [7, 11) is 0. The average molecular weight is 433 g/mol. The van der Waals surface area contributed by atoms with Gasteiger partial charge in [0.1, 0.15) is 19.0 Å². The molecule has 7 nitrogen and oxygen atoms in total. The van der Waals surface area contributed by atoms with Crippen LogP contribution in [0.2, 0.25) is 0 Å². The highest BCUT2D eigenvalue weighted by Crippen LogP contribution is 2.69. The topological polar surface area (TPSA) is 124 Å². The number of aldehydes is 1. The zero-order valence-corrected chi connectivity index (χ0v) is 17.9. The van der Waals surface area contributed by atoms with Crippen molar-refractivity contribution in [3.8, 4) is 0 Å². The summed E-state index contributed by atoms with van der Waals surface area (Å²) in [6.07, 6.45) is 6.10. The number of ether oxygens (including phenoxy) is 1. The second-order valence-electron chi connectivity index (χ2n) is 10.6. The van der Waals surface area contributed by atoms with E-state index in [1.165, 1.54) is 0 Å². The summed E-state index contributed by atoms with van der Waals surface area (Å²) in [5.41, 5.74) is -4.61. The first-order chi connectivity index (χ1) is 14.6. The molecule has 170 valence electrons. The van der Waals surface area contributed by atoms with Crippen LogP contribution in [0.3, 0.4) is 0 Å². The molecule has 0 amide bonds. The minimum absolute atomic E-state index is 0.0449. The lowest BCUT2D eigenvalue weighted by Crippen LogP contribution is -2.74. The highest BCUT2D eigenvalue weighted by Gasteiger charge is 2.76. The number of aliphatic hydroxyl groups excluding tert-OH is 2. The maximum Gasteiger partial charge on any atom is 0.170 e. The van der Waals surface area contributed by atoms with E-state index < -0.39 is 51.9 Å². The Morgan fingerprint density at radius 3 is 2.58 bits per heavy atom. The Hall–Kier alpha value is -1.54. The second kappa shape index (κ2) is 6.73. The molecule has 9 atom stereocenters. The van der Waals surface area contributed by atoms with Crippen LogP contribution in [0, 0.1) is 28.6 Å². The standard InChI is InChI=1S/C24H32O7/c1-21-16(14-3-2-10-31-12-14)6-9-24(21,30)17-5-8-23(29)11-15(26)4-7-22(23,13-25)18(17)19(27)20(21)28/h2-3,12-13,15-19,26-27,29-30H,4-11H2,1H3. The predicted octanol–water partition coefficient (Wildman–Crippen LogP) is 1.04. The molecule has 5 aliphatic rings. The Morgan fingerprint density at radius 1 is 1.13 bits per heavy atom. The quantitative estimate of drug-likeness (QED) is 0.481. The molecular weight excluding hydrogens is 400 g/mol. The Labute approximate surface area is 181 Å². The van der Waals surface area contributed by atoms with Crippen molar-refractivity contribution in [2.45, 2.75) is 75.3 Å². The first-order valence-electron chi connectivity index (χ1n) is 11.4. The molecule has 0 aromatic carbocycles. The maximum absolute atomic E-state index is 13.8. The summed E-state index contributed by atoms with van der Waals surface area (Å²) in [4.78, 5) is 26.3. The Bertz CT molecular complexity index is 866. The van der Waals surface area contributed by atoms with Crippen molar-refractivity contribution in [3.63, 3.8) is 0 Å². The van der Waals surface area contributed by atoms with Crippen molar-refractivity contribution >= 4 is 12.1 Å². The van der Waals surface area contributed by atoms with Crippen LogP contribution in [-0.2, 0) is 14.3 Å². The summed E-state index contributed by atoms with van der Waals surface area (Å²) in [6, 6.07) is 0. The van der Waals surface area contributed by atoms with Crippen LogP contribution in [0.1, 0.15) is 51.9 Å². The summed E-state index contributed by atoms with van der Waals surface area (Å²) >= 11 is 0. The van der Waals surface area contributed by atoms with Crippen molar-refractivity contribution in [2.75, 3.05) is 6.61 Å². The Morgan fingerprint density at radius 2 is 1.90 bits per heavy atom. The number of fused-ring (bicyclic) bond motifs is 5. The lowest BCUT2D eigenvalue weighted by atomic mass is 9.40. The largest absolute Gasteiger partial charge is 0.497 e. The summed E-state index contributed by atoms with van der Waals surface area (Å²) in [5, 5.41) is 45.1. The minimum atomic E-state index is -1.49. The first kappa shape index (κ1) is 21.3. The zero-order valence-electron chi connectivity index (χ0n) is 17.9. The van der Waals surface area contributed by atoms with E-state index in [-0.39, 0.29) is 25.2 Å². The van der Waals surface area contributed by atoms with Gasteiger partial charge in [0.05, 0.1) is 34.4 Å². The lowest BCUT2D eigenvalue weighted by Gasteiger charge is -2.65. The van der Waals surface area contributed by atoms with Crippen molar-refractivity contribution in [1.29, 1.82) is 0 Å². The van der Waals surface area contributed by atoms with Gasteiger partial charge in [-0.2, -0.15) is 0 Å². The van der Waals surface area contributed by atoms with E-state index in [4.69, 9.17) is 4.74 Å². The molecule has 0 aromatic rings. The summed E-state index contributed by atoms with van der Waals surface area (Å²) < 4.78 is 5.44. The maximum atomic E-state index is 13.8. The van der Waals surface area contributed by atoms with E-state index in [1.54, 1.807) is 13.2 Å². The molecule has 0 radical (unpaired) electrons. The monoisotopic (exact) mass is 432 g/mol. The van der Waals surface area contributed by atoms with Crippen LogP contribution in [0.4, 0.5) is 0 Å².